The second kappa shape index (κ2) is 5.74. The van der Waals surface area contributed by atoms with Crippen LogP contribution in [0.2, 0.25) is 0 Å². The Morgan fingerprint density at radius 2 is 1.95 bits per heavy atom. The molecule has 1 aromatic carbocycles. The lowest BCUT2D eigenvalue weighted by atomic mass is 9.80. The third kappa shape index (κ3) is 2.62. The molecule has 2 aromatic rings. The minimum absolute atomic E-state index is 0.000649. The second-order valence-corrected chi connectivity index (χ2v) is 6.22. The van der Waals surface area contributed by atoms with Crippen molar-refractivity contribution < 1.29 is 5.11 Å². The number of hydrogen-bond acceptors (Lipinski definition) is 3. The minimum Gasteiger partial charge on any atom is -0.389 e. The van der Waals surface area contributed by atoms with Crippen molar-refractivity contribution in [3.8, 4) is 5.69 Å². The zero-order valence-electron chi connectivity index (χ0n) is 13.2. The van der Waals surface area contributed by atoms with Gasteiger partial charge in [-0.3, -0.25) is 9.48 Å². The maximum atomic E-state index is 12.7. The van der Waals surface area contributed by atoms with E-state index in [2.05, 4.69) is 5.32 Å². The van der Waals surface area contributed by atoms with Crippen molar-refractivity contribution in [3.63, 3.8) is 0 Å². The van der Waals surface area contributed by atoms with Crippen molar-refractivity contribution in [1.29, 1.82) is 0 Å². The van der Waals surface area contributed by atoms with Crippen LogP contribution in [0.15, 0.2) is 35.1 Å². The number of aliphatic hydroxyl groups is 1. The normalized spacial score (nSPS) is 16.5. The quantitative estimate of drug-likeness (QED) is 0.879. The molecule has 0 bridgehead atoms. The van der Waals surface area contributed by atoms with Gasteiger partial charge in [-0.15, -0.1) is 0 Å². The number of nitrogens with zero attached hydrogens (tertiary/aromatic N) is 2. The van der Waals surface area contributed by atoms with Gasteiger partial charge in [0, 0.05) is 25.8 Å². The van der Waals surface area contributed by atoms with E-state index < -0.39 is 5.60 Å². The fraction of sp³-hybridized carbons (Fsp3) is 0.471. The summed E-state index contributed by atoms with van der Waals surface area (Å²) in [4.78, 5) is 12.7. The van der Waals surface area contributed by atoms with Crippen molar-refractivity contribution in [2.75, 3.05) is 6.54 Å². The molecular weight excluding hydrogens is 278 g/mol. The summed E-state index contributed by atoms with van der Waals surface area (Å²) < 4.78 is 3.57. The van der Waals surface area contributed by atoms with E-state index in [1.165, 1.54) is 0 Å². The largest absolute Gasteiger partial charge is 0.389 e. The van der Waals surface area contributed by atoms with Gasteiger partial charge in [-0.05, 0) is 38.3 Å². The van der Waals surface area contributed by atoms with Crippen LogP contribution < -0.4 is 10.9 Å². The number of hydrogen-bond donors (Lipinski definition) is 2. The second-order valence-electron chi connectivity index (χ2n) is 6.22. The van der Waals surface area contributed by atoms with Crippen molar-refractivity contribution in [2.24, 2.45) is 7.05 Å². The molecule has 22 heavy (non-hydrogen) atoms. The van der Waals surface area contributed by atoms with Crippen molar-refractivity contribution in [1.82, 2.24) is 14.7 Å². The Morgan fingerprint density at radius 3 is 2.55 bits per heavy atom. The SMILES string of the molecule is Cc1c(CNCC2(O)CCC2)c(=O)n(-c2ccccc2)n1C. The first-order valence-electron chi connectivity index (χ1n) is 7.78. The molecule has 5 heteroatoms. The Kier molecular flexibility index (Phi) is 3.93. The molecule has 1 heterocycles. The number of nitrogens with one attached hydrogen (secondary N) is 1. The fourth-order valence-electron chi connectivity index (χ4n) is 3.01. The Balaban J connectivity index is 1.82. The summed E-state index contributed by atoms with van der Waals surface area (Å²) in [5, 5.41) is 13.4. The van der Waals surface area contributed by atoms with Gasteiger partial charge < -0.3 is 10.4 Å². The molecule has 3 rings (SSSR count). The molecule has 0 saturated heterocycles. The van der Waals surface area contributed by atoms with E-state index in [1.807, 2.05) is 49.0 Å². The van der Waals surface area contributed by atoms with Crippen molar-refractivity contribution in [3.05, 3.63) is 51.9 Å². The van der Waals surface area contributed by atoms with Gasteiger partial charge >= 0.3 is 0 Å². The maximum absolute atomic E-state index is 12.7. The summed E-state index contributed by atoms with van der Waals surface area (Å²) in [6.07, 6.45) is 2.79. The first-order valence-corrected chi connectivity index (χ1v) is 7.78. The van der Waals surface area contributed by atoms with Crippen LogP contribution in [-0.2, 0) is 13.6 Å². The van der Waals surface area contributed by atoms with Gasteiger partial charge in [0.2, 0.25) is 0 Å². The van der Waals surface area contributed by atoms with Gasteiger partial charge in [-0.2, -0.15) is 0 Å². The molecule has 2 N–H and O–H groups in total. The molecule has 5 nitrogen and oxygen atoms in total. The molecule has 1 aliphatic rings. The van der Waals surface area contributed by atoms with E-state index in [0.29, 0.717) is 13.1 Å². The van der Waals surface area contributed by atoms with Gasteiger partial charge in [0.25, 0.3) is 5.56 Å². The summed E-state index contributed by atoms with van der Waals surface area (Å²) in [6, 6.07) is 9.64. The lowest BCUT2D eigenvalue weighted by molar-refractivity contribution is -0.0315. The standard InChI is InChI=1S/C17H23N3O2/c1-13-15(11-18-12-17(22)9-6-10-17)16(21)20(19(13)2)14-7-4-3-5-8-14/h3-5,7-8,18,22H,6,9-12H2,1-2H3. The molecule has 118 valence electrons. The average molecular weight is 301 g/mol. The van der Waals surface area contributed by atoms with Crippen LogP contribution in [0.4, 0.5) is 0 Å². The summed E-state index contributed by atoms with van der Waals surface area (Å²) in [5.41, 5.74) is 2.00. The first kappa shape index (κ1) is 15.1. The zero-order chi connectivity index (χ0) is 15.7. The molecule has 0 unspecified atom stereocenters. The molecule has 0 atom stereocenters. The van der Waals surface area contributed by atoms with Crippen molar-refractivity contribution in [2.45, 2.75) is 38.3 Å². The Bertz CT molecular complexity index is 711. The molecule has 0 radical (unpaired) electrons. The van der Waals surface area contributed by atoms with E-state index in [0.717, 1.165) is 36.2 Å². The minimum atomic E-state index is -0.568. The van der Waals surface area contributed by atoms with Crippen LogP contribution in [0.1, 0.15) is 30.5 Å². The number of aromatic nitrogens is 2. The predicted octanol–water partition coefficient (Wildman–Crippen LogP) is 1.49. The Labute approximate surface area is 130 Å². The van der Waals surface area contributed by atoms with E-state index in [4.69, 9.17) is 0 Å². The summed E-state index contributed by atoms with van der Waals surface area (Å²) in [7, 11) is 1.90. The lowest BCUT2D eigenvalue weighted by Gasteiger charge is -2.36. The molecule has 1 aromatic heterocycles. The Hall–Kier alpha value is -1.85. The number of rotatable bonds is 5. The third-order valence-corrected chi connectivity index (χ3v) is 4.71. The van der Waals surface area contributed by atoms with Crippen LogP contribution in [-0.4, -0.2) is 26.6 Å². The predicted molar refractivity (Wildman–Crippen MR) is 86.3 cm³/mol. The topological polar surface area (TPSA) is 59.2 Å². The van der Waals surface area contributed by atoms with Gasteiger partial charge in [0.1, 0.15) is 0 Å². The highest BCUT2D eigenvalue weighted by Gasteiger charge is 2.33. The van der Waals surface area contributed by atoms with Crippen LogP contribution in [0.25, 0.3) is 5.69 Å². The van der Waals surface area contributed by atoms with Gasteiger partial charge in [-0.1, -0.05) is 18.2 Å². The Morgan fingerprint density at radius 1 is 1.27 bits per heavy atom. The molecule has 0 aliphatic heterocycles. The van der Waals surface area contributed by atoms with E-state index in [-0.39, 0.29) is 5.56 Å². The van der Waals surface area contributed by atoms with Gasteiger partial charge in [0.05, 0.1) is 16.9 Å². The highest BCUT2D eigenvalue weighted by atomic mass is 16.3. The van der Waals surface area contributed by atoms with E-state index in [9.17, 15) is 9.90 Å². The van der Waals surface area contributed by atoms with E-state index in [1.54, 1.807) is 4.68 Å². The average Bonchev–Trinajstić information content (AvgIpc) is 2.70. The summed E-state index contributed by atoms with van der Waals surface area (Å²) in [5.74, 6) is 0. The summed E-state index contributed by atoms with van der Waals surface area (Å²) in [6.45, 7) is 2.99. The highest BCUT2D eigenvalue weighted by molar-refractivity contribution is 5.33. The van der Waals surface area contributed by atoms with Crippen molar-refractivity contribution >= 4 is 0 Å². The zero-order valence-corrected chi connectivity index (χ0v) is 13.2. The van der Waals surface area contributed by atoms with E-state index >= 15 is 0 Å². The molecule has 1 aliphatic carbocycles. The molecule has 0 amide bonds. The van der Waals surface area contributed by atoms with Crippen LogP contribution in [0.3, 0.4) is 0 Å². The van der Waals surface area contributed by atoms with Crippen LogP contribution in [0, 0.1) is 6.92 Å². The molecule has 0 spiro atoms. The van der Waals surface area contributed by atoms with Crippen LogP contribution in [0.5, 0.6) is 0 Å². The van der Waals surface area contributed by atoms with Gasteiger partial charge in [-0.25, -0.2) is 4.68 Å². The third-order valence-electron chi connectivity index (χ3n) is 4.71. The smallest absolute Gasteiger partial charge is 0.276 e. The molecule has 1 saturated carbocycles. The number of para-hydroxylation sites is 1. The first-order chi connectivity index (χ1) is 10.5. The summed E-state index contributed by atoms with van der Waals surface area (Å²) >= 11 is 0. The lowest BCUT2D eigenvalue weighted by Crippen LogP contribution is -2.46. The maximum Gasteiger partial charge on any atom is 0.276 e. The molecular formula is C17H23N3O2. The van der Waals surface area contributed by atoms with Gasteiger partial charge in [0.15, 0.2) is 0 Å². The van der Waals surface area contributed by atoms with Crippen LogP contribution >= 0.6 is 0 Å². The number of benzene rings is 1. The highest BCUT2D eigenvalue weighted by Crippen LogP contribution is 2.30. The monoisotopic (exact) mass is 301 g/mol. The fourth-order valence-corrected chi connectivity index (χ4v) is 3.01. The molecule has 1 fully saturated rings.